The molecular formula is C20H23N2O2P. The van der Waals surface area contributed by atoms with Crippen LogP contribution in [0, 0.1) is 11.8 Å². The van der Waals surface area contributed by atoms with Gasteiger partial charge in [0, 0.05) is 47.1 Å². The lowest BCUT2D eigenvalue weighted by Crippen LogP contribution is -2.51. The number of H-pyrrole nitrogens is 1. The van der Waals surface area contributed by atoms with Crippen LogP contribution in [0.1, 0.15) is 30.6 Å². The smallest absolute Gasteiger partial charge is 0.177 e. The zero-order valence-corrected chi connectivity index (χ0v) is 15.5. The van der Waals surface area contributed by atoms with Gasteiger partial charge in [0.15, 0.2) is 5.52 Å². The summed E-state index contributed by atoms with van der Waals surface area (Å²) in [7, 11) is 2.33. The van der Waals surface area contributed by atoms with E-state index in [0.29, 0.717) is 12.0 Å². The molecule has 25 heavy (non-hydrogen) atoms. The molecule has 4 nitrogen and oxygen atoms in total. The average molecular weight is 354 g/mol. The Balaban J connectivity index is 1.57. The molecule has 5 atom stereocenters. The van der Waals surface area contributed by atoms with Gasteiger partial charge in [-0.3, -0.25) is 9.69 Å². The molecule has 5 heteroatoms. The van der Waals surface area contributed by atoms with Crippen LogP contribution < -0.4 is 0 Å². The maximum absolute atomic E-state index is 12.1. The zero-order valence-electron chi connectivity index (χ0n) is 14.4. The van der Waals surface area contributed by atoms with Crippen molar-refractivity contribution in [2.75, 3.05) is 13.1 Å². The van der Waals surface area contributed by atoms with Gasteiger partial charge in [0.2, 0.25) is 0 Å². The minimum atomic E-state index is 0.0722. The van der Waals surface area contributed by atoms with Crippen molar-refractivity contribution in [3.8, 4) is 0 Å². The molecule has 1 saturated heterocycles. The molecule has 0 bridgehead atoms. The molecule has 1 aromatic carbocycles. The third-order valence-electron chi connectivity index (χ3n) is 6.41. The van der Waals surface area contributed by atoms with Gasteiger partial charge < -0.3 is 9.72 Å². The van der Waals surface area contributed by atoms with Crippen LogP contribution >= 0.6 is 9.24 Å². The van der Waals surface area contributed by atoms with Crippen LogP contribution in [0.2, 0.25) is 0 Å². The van der Waals surface area contributed by atoms with E-state index in [4.69, 9.17) is 4.74 Å². The van der Waals surface area contributed by atoms with E-state index in [2.05, 4.69) is 50.3 Å². The molecule has 4 unspecified atom stereocenters. The normalized spacial score (nSPS) is 31.5. The van der Waals surface area contributed by atoms with Gasteiger partial charge in [-0.25, -0.2) is 0 Å². The number of rotatable bonds is 1. The number of hydrogen-bond acceptors (Lipinski definition) is 3. The largest absolute Gasteiger partial charge is 0.498 e. The first-order valence-corrected chi connectivity index (χ1v) is 9.70. The Bertz CT molecular complexity index is 887. The number of carbonyl (C=O) groups is 1. The van der Waals surface area contributed by atoms with E-state index in [1.165, 1.54) is 22.2 Å². The number of aromatic nitrogens is 1. The summed E-state index contributed by atoms with van der Waals surface area (Å²) in [5.41, 5.74) is 4.98. The maximum Gasteiger partial charge on any atom is 0.177 e. The second-order valence-corrected chi connectivity index (χ2v) is 8.13. The van der Waals surface area contributed by atoms with Crippen molar-refractivity contribution in [1.82, 2.24) is 9.88 Å². The minimum Gasteiger partial charge on any atom is -0.498 e. The molecule has 4 heterocycles. The second kappa shape index (κ2) is 5.69. The number of ether oxygens (including phenoxy) is 1. The molecule has 1 N–H and O–H groups in total. The van der Waals surface area contributed by atoms with Crippen molar-refractivity contribution < 1.29 is 9.53 Å². The Hall–Kier alpha value is -1.64. The highest BCUT2D eigenvalue weighted by Gasteiger charge is 2.46. The van der Waals surface area contributed by atoms with Crippen LogP contribution in [0.25, 0.3) is 10.9 Å². The number of piperidine rings is 1. The van der Waals surface area contributed by atoms with Crippen LogP contribution in [0.4, 0.5) is 0 Å². The molecular weight excluding hydrogens is 331 g/mol. The quantitative estimate of drug-likeness (QED) is 0.799. The number of hydrogen-bond donors (Lipinski definition) is 1. The molecule has 2 aromatic rings. The Labute approximate surface area is 149 Å². The Morgan fingerprint density at radius 3 is 3.04 bits per heavy atom. The number of nitrogens with zero attached hydrogens (tertiary/aromatic N) is 1. The van der Waals surface area contributed by atoms with Crippen LogP contribution in [-0.4, -0.2) is 34.6 Å². The highest BCUT2D eigenvalue weighted by Crippen LogP contribution is 2.47. The summed E-state index contributed by atoms with van der Waals surface area (Å²) in [5, 5.41) is 1.36. The van der Waals surface area contributed by atoms with Crippen molar-refractivity contribution in [3.63, 3.8) is 0 Å². The van der Waals surface area contributed by atoms with Gasteiger partial charge in [-0.15, -0.1) is 0 Å². The van der Waals surface area contributed by atoms with E-state index in [0.717, 1.165) is 31.5 Å². The molecule has 3 aliphatic heterocycles. The van der Waals surface area contributed by atoms with E-state index in [1.807, 2.05) is 0 Å². The fourth-order valence-corrected chi connectivity index (χ4v) is 5.39. The Morgan fingerprint density at radius 2 is 2.20 bits per heavy atom. The Kier molecular flexibility index (Phi) is 3.55. The topological polar surface area (TPSA) is 45.3 Å². The third kappa shape index (κ3) is 2.31. The number of fused-ring (bicyclic) bond motifs is 6. The first-order chi connectivity index (χ1) is 12.1. The van der Waals surface area contributed by atoms with Gasteiger partial charge in [0.1, 0.15) is 0 Å². The van der Waals surface area contributed by atoms with Gasteiger partial charge in [-0.2, -0.15) is 0 Å². The number of carbonyl (C=O) groups excluding carboxylic acids is 1. The molecule has 0 amide bonds. The highest BCUT2D eigenvalue weighted by atomic mass is 31.0. The van der Waals surface area contributed by atoms with Crippen LogP contribution in [-0.2, 0) is 16.0 Å². The van der Waals surface area contributed by atoms with Gasteiger partial charge in [0.05, 0.1) is 18.4 Å². The van der Waals surface area contributed by atoms with Crippen LogP contribution in [0.3, 0.4) is 0 Å². The van der Waals surface area contributed by atoms with Crippen LogP contribution in [0.5, 0.6) is 0 Å². The van der Waals surface area contributed by atoms with E-state index in [-0.39, 0.29) is 17.5 Å². The molecule has 5 rings (SSSR count). The summed E-state index contributed by atoms with van der Waals surface area (Å²) in [5.74, 6) is 0.680. The predicted octanol–water partition coefficient (Wildman–Crippen LogP) is 3.41. The number of benzene rings is 1. The lowest BCUT2D eigenvalue weighted by molar-refractivity contribution is -0.110. The van der Waals surface area contributed by atoms with Crippen molar-refractivity contribution in [3.05, 3.63) is 47.4 Å². The maximum atomic E-state index is 12.1. The summed E-state index contributed by atoms with van der Waals surface area (Å²) in [4.78, 5) is 18.4. The average Bonchev–Trinajstić information content (AvgIpc) is 3.00. The molecule has 0 radical (unpaired) electrons. The number of allylic oxidation sites excluding steroid dienone is 1. The third-order valence-corrected chi connectivity index (χ3v) is 6.74. The van der Waals surface area contributed by atoms with E-state index in [1.54, 1.807) is 6.26 Å². The molecule has 0 saturated carbocycles. The summed E-state index contributed by atoms with van der Waals surface area (Å²) in [6.07, 6.45) is 3.96. The molecule has 1 fully saturated rings. The fourth-order valence-electron chi connectivity index (χ4n) is 5.11. The van der Waals surface area contributed by atoms with Crippen molar-refractivity contribution in [2.24, 2.45) is 11.8 Å². The summed E-state index contributed by atoms with van der Waals surface area (Å²) in [6, 6.07) is 8.97. The number of para-hydroxylation sites is 1. The molecule has 3 aliphatic rings. The molecule has 0 aliphatic carbocycles. The molecule has 1 aromatic heterocycles. The monoisotopic (exact) mass is 354 g/mol. The van der Waals surface area contributed by atoms with Gasteiger partial charge in [0.25, 0.3) is 0 Å². The highest BCUT2D eigenvalue weighted by molar-refractivity contribution is 7.41. The van der Waals surface area contributed by atoms with Gasteiger partial charge >= 0.3 is 0 Å². The first kappa shape index (κ1) is 15.6. The summed E-state index contributed by atoms with van der Waals surface area (Å²) < 4.78 is 5.79. The van der Waals surface area contributed by atoms with Crippen LogP contribution in [0.15, 0.2) is 36.1 Å². The Morgan fingerprint density at radius 1 is 1.36 bits per heavy atom. The van der Waals surface area contributed by atoms with Gasteiger partial charge in [-0.05, 0) is 31.4 Å². The van der Waals surface area contributed by atoms with Crippen molar-refractivity contribution in [1.29, 1.82) is 0 Å². The number of nitrogens with one attached hydrogen (secondary N) is 1. The fraction of sp³-hybridized carbons (Fsp3) is 0.450. The van der Waals surface area contributed by atoms with Crippen molar-refractivity contribution in [2.45, 2.75) is 31.9 Å². The van der Waals surface area contributed by atoms with Crippen molar-refractivity contribution >= 4 is 25.7 Å². The summed E-state index contributed by atoms with van der Waals surface area (Å²) in [6.45, 7) is 4.22. The number of aromatic amines is 1. The molecule has 130 valence electrons. The van der Waals surface area contributed by atoms with E-state index in [9.17, 15) is 4.79 Å². The lowest BCUT2D eigenvalue weighted by atomic mass is 9.72. The molecule has 0 spiro atoms. The minimum absolute atomic E-state index is 0.0722. The SMILES string of the molecule is C[C@@H]1OC=C(C(=O)P)C2CC3c4[nH]c5ccccc5c4CCN3CC21. The van der Waals surface area contributed by atoms with E-state index >= 15 is 0 Å². The first-order valence-electron chi connectivity index (χ1n) is 9.12. The zero-order chi connectivity index (χ0) is 17.1. The lowest BCUT2D eigenvalue weighted by Gasteiger charge is -2.49. The van der Waals surface area contributed by atoms with E-state index < -0.39 is 0 Å². The standard InChI is InChI=1S/C20H23N2O2P/c1-11-15-9-22-7-6-13-12-4-2-3-5-17(12)21-19(13)18(22)8-14(15)16(10-24-11)20(23)25/h2-5,10-11,14-15,18,21H,6-9,25H2,1H3/t11-,14?,15?,18?/m0/s1. The second-order valence-electron chi connectivity index (χ2n) is 7.61. The predicted molar refractivity (Wildman–Crippen MR) is 101 cm³/mol. The van der Waals surface area contributed by atoms with Gasteiger partial charge in [-0.1, -0.05) is 27.4 Å². The summed E-state index contributed by atoms with van der Waals surface area (Å²) >= 11 is 0.